The lowest BCUT2D eigenvalue weighted by Crippen LogP contribution is -1.89. The minimum atomic E-state index is -0.0736. The van der Waals surface area contributed by atoms with Crippen LogP contribution >= 0.6 is 22.9 Å². The van der Waals surface area contributed by atoms with Crippen LogP contribution in [-0.4, -0.2) is 17.9 Å². The van der Waals surface area contributed by atoms with E-state index in [0.717, 1.165) is 21.9 Å². The van der Waals surface area contributed by atoms with Gasteiger partial charge < -0.3 is 4.74 Å². The first kappa shape index (κ1) is 16.4. The van der Waals surface area contributed by atoms with Gasteiger partial charge in [0, 0.05) is 16.8 Å². The van der Waals surface area contributed by atoms with Gasteiger partial charge in [0.1, 0.15) is 10.8 Å². The van der Waals surface area contributed by atoms with Gasteiger partial charge in [-0.05, 0) is 35.9 Å². The highest BCUT2D eigenvalue weighted by atomic mass is 35.5. The summed E-state index contributed by atoms with van der Waals surface area (Å²) in [6, 6.07) is 14.9. The van der Waals surface area contributed by atoms with Crippen LogP contribution in [0.25, 0.3) is 16.6 Å². The number of hydrogen-bond donors (Lipinski definition) is 0. The van der Waals surface area contributed by atoms with Crippen LogP contribution in [0.4, 0.5) is 0 Å². The van der Waals surface area contributed by atoms with Gasteiger partial charge in [-0.3, -0.25) is 4.79 Å². The van der Waals surface area contributed by atoms with Crippen molar-refractivity contribution >= 4 is 34.8 Å². The molecule has 0 unspecified atom stereocenters. The molecule has 120 valence electrons. The minimum absolute atomic E-state index is 0.0736. The van der Waals surface area contributed by atoms with E-state index >= 15 is 0 Å². The Hall–Kier alpha value is -2.43. The van der Waals surface area contributed by atoms with Crippen molar-refractivity contribution in [1.29, 1.82) is 0 Å². The van der Waals surface area contributed by atoms with Crippen molar-refractivity contribution in [2.75, 3.05) is 7.11 Å². The summed E-state index contributed by atoms with van der Waals surface area (Å²) in [4.78, 5) is 17.2. The number of allylic oxidation sites excluding steroid dienone is 1. The van der Waals surface area contributed by atoms with Gasteiger partial charge in [-0.25, -0.2) is 4.98 Å². The van der Waals surface area contributed by atoms with Crippen LogP contribution in [0.3, 0.4) is 0 Å². The van der Waals surface area contributed by atoms with Crippen LogP contribution in [0.2, 0.25) is 5.02 Å². The largest absolute Gasteiger partial charge is 0.497 e. The average molecular weight is 356 g/mol. The summed E-state index contributed by atoms with van der Waals surface area (Å²) in [7, 11) is 1.61. The third-order valence-corrected chi connectivity index (χ3v) is 4.67. The summed E-state index contributed by atoms with van der Waals surface area (Å²) in [6.45, 7) is 0. The Morgan fingerprint density at radius 1 is 1.21 bits per heavy atom. The number of carbonyl (C=O) groups is 1. The smallest absolute Gasteiger partial charge is 0.197 e. The van der Waals surface area contributed by atoms with E-state index in [1.165, 1.54) is 11.3 Å². The number of methoxy groups -OCH3 is 1. The molecule has 24 heavy (non-hydrogen) atoms. The van der Waals surface area contributed by atoms with Crippen LogP contribution in [-0.2, 0) is 0 Å². The summed E-state index contributed by atoms with van der Waals surface area (Å²) in [5, 5.41) is 1.47. The molecule has 0 atom stereocenters. The number of hydrogen-bond acceptors (Lipinski definition) is 4. The fourth-order valence-corrected chi connectivity index (χ4v) is 3.08. The number of rotatable bonds is 5. The topological polar surface area (TPSA) is 39.2 Å². The number of halogens is 1. The third kappa shape index (κ3) is 3.91. The van der Waals surface area contributed by atoms with E-state index in [4.69, 9.17) is 16.3 Å². The molecule has 0 aliphatic rings. The lowest BCUT2D eigenvalue weighted by molar-refractivity contribution is 0.105. The molecule has 0 saturated heterocycles. The first-order chi connectivity index (χ1) is 11.7. The number of benzene rings is 2. The molecule has 0 aliphatic heterocycles. The van der Waals surface area contributed by atoms with Crippen molar-refractivity contribution in [3.8, 4) is 16.3 Å². The second-order valence-electron chi connectivity index (χ2n) is 5.01. The Kier molecular flexibility index (Phi) is 5.08. The molecule has 3 rings (SSSR count). The molecule has 3 aromatic rings. The number of ether oxygens (including phenoxy) is 1. The van der Waals surface area contributed by atoms with Crippen molar-refractivity contribution in [1.82, 2.24) is 4.98 Å². The number of thiazole rings is 1. The lowest BCUT2D eigenvalue weighted by atomic mass is 10.2. The highest BCUT2D eigenvalue weighted by Gasteiger charge is 2.09. The van der Waals surface area contributed by atoms with Gasteiger partial charge in [0.25, 0.3) is 0 Å². The number of ketones is 1. The highest BCUT2D eigenvalue weighted by Crippen LogP contribution is 2.27. The third-order valence-electron chi connectivity index (χ3n) is 3.36. The molecular weight excluding hydrogens is 342 g/mol. The van der Waals surface area contributed by atoms with Gasteiger partial charge in [0.2, 0.25) is 0 Å². The van der Waals surface area contributed by atoms with Crippen molar-refractivity contribution in [3.63, 3.8) is 0 Å². The van der Waals surface area contributed by atoms with Crippen LogP contribution in [0.1, 0.15) is 15.2 Å². The van der Waals surface area contributed by atoms with Crippen molar-refractivity contribution in [2.24, 2.45) is 0 Å². The van der Waals surface area contributed by atoms with E-state index in [0.29, 0.717) is 9.90 Å². The van der Waals surface area contributed by atoms with Crippen LogP contribution < -0.4 is 4.74 Å². The fraction of sp³-hybridized carbons (Fsp3) is 0.0526. The summed E-state index contributed by atoms with van der Waals surface area (Å²) in [6.07, 6.45) is 4.92. The molecule has 5 heteroatoms. The maximum absolute atomic E-state index is 12.3. The second kappa shape index (κ2) is 7.43. The van der Waals surface area contributed by atoms with Crippen LogP contribution in [0, 0.1) is 0 Å². The molecule has 1 aromatic heterocycles. The van der Waals surface area contributed by atoms with Crippen molar-refractivity contribution < 1.29 is 9.53 Å². The zero-order chi connectivity index (χ0) is 16.9. The summed E-state index contributed by atoms with van der Waals surface area (Å²) < 4.78 is 5.17. The predicted molar refractivity (Wildman–Crippen MR) is 98.9 cm³/mol. The molecule has 0 aliphatic carbocycles. The van der Waals surface area contributed by atoms with Gasteiger partial charge in [0.15, 0.2) is 5.78 Å². The molecule has 0 fully saturated rings. The molecule has 1 heterocycles. The maximum atomic E-state index is 12.3. The Labute approximate surface area is 149 Å². The first-order valence-corrected chi connectivity index (χ1v) is 8.43. The number of aromatic nitrogens is 1. The van der Waals surface area contributed by atoms with Crippen LogP contribution in [0.15, 0.2) is 60.8 Å². The van der Waals surface area contributed by atoms with Gasteiger partial charge in [-0.2, -0.15) is 0 Å². The maximum Gasteiger partial charge on any atom is 0.197 e. The molecular formula is C19H14ClNO2S. The lowest BCUT2D eigenvalue weighted by Gasteiger charge is -1.99. The molecule has 0 radical (unpaired) electrons. The quantitative estimate of drug-likeness (QED) is 0.456. The molecule has 0 amide bonds. The van der Waals surface area contributed by atoms with Crippen LogP contribution in [0.5, 0.6) is 5.75 Å². The summed E-state index contributed by atoms with van der Waals surface area (Å²) >= 11 is 7.25. The van der Waals surface area contributed by atoms with Gasteiger partial charge in [-0.1, -0.05) is 41.9 Å². The fourth-order valence-electron chi connectivity index (χ4n) is 2.11. The second-order valence-corrected chi connectivity index (χ2v) is 6.48. The van der Waals surface area contributed by atoms with E-state index in [2.05, 4.69) is 4.98 Å². The molecule has 0 spiro atoms. The number of nitrogens with zero attached hydrogens (tertiary/aromatic N) is 1. The number of carbonyl (C=O) groups excluding carboxylic acids is 1. The zero-order valence-corrected chi connectivity index (χ0v) is 14.5. The van der Waals surface area contributed by atoms with E-state index < -0.39 is 0 Å². The summed E-state index contributed by atoms with van der Waals surface area (Å²) in [5.74, 6) is 0.683. The Morgan fingerprint density at radius 2 is 2.00 bits per heavy atom. The Morgan fingerprint density at radius 3 is 2.75 bits per heavy atom. The molecule has 2 aromatic carbocycles. The predicted octanol–water partition coefficient (Wildman–Crippen LogP) is 5.37. The van der Waals surface area contributed by atoms with Gasteiger partial charge in [-0.15, -0.1) is 11.3 Å². The van der Waals surface area contributed by atoms with Gasteiger partial charge >= 0.3 is 0 Å². The first-order valence-electron chi connectivity index (χ1n) is 7.24. The van der Waals surface area contributed by atoms with E-state index in [-0.39, 0.29) is 5.78 Å². The Bertz CT molecular complexity index is 884. The van der Waals surface area contributed by atoms with E-state index in [9.17, 15) is 4.79 Å². The van der Waals surface area contributed by atoms with Crippen molar-refractivity contribution in [2.45, 2.75) is 0 Å². The molecule has 0 bridgehead atoms. The van der Waals surface area contributed by atoms with Gasteiger partial charge in [0.05, 0.1) is 12.0 Å². The minimum Gasteiger partial charge on any atom is -0.497 e. The standard InChI is InChI=1S/C19H14ClNO2S/c1-23-16-4-2-3-13(11-16)5-10-17(22)18-12-21-19(24-18)14-6-8-15(20)9-7-14/h2-12H,1H3. The Balaban J connectivity index is 1.76. The zero-order valence-electron chi connectivity index (χ0n) is 12.9. The molecule has 0 N–H and O–H groups in total. The van der Waals surface area contributed by atoms with E-state index in [1.807, 2.05) is 48.5 Å². The van der Waals surface area contributed by atoms with E-state index in [1.54, 1.807) is 25.5 Å². The normalized spacial score (nSPS) is 10.9. The molecule has 0 saturated carbocycles. The van der Waals surface area contributed by atoms with Crippen molar-refractivity contribution in [3.05, 3.63) is 76.3 Å². The average Bonchev–Trinajstić information content (AvgIpc) is 3.10. The monoisotopic (exact) mass is 355 g/mol. The summed E-state index contributed by atoms with van der Waals surface area (Å²) in [5.41, 5.74) is 1.85. The highest BCUT2D eigenvalue weighted by molar-refractivity contribution is 7.17. The SMILES string of the molecule is COc1cccc(C=CC(=O)c2cnc(-c3ccc(Cl)cc3)s2)c1. The molecule has 3 nitrogen and oxygen atoms in total.